The molecule has 0 bridgehead atoms. The van der Waals surface area contributed by atoms with Crippen LogP contribution in [0.1, 0.15) is 21.7 Å². The first-order valence-corrected chi connectivity index (χ1v) is 8.53. The van der Waals surface area contributed by atoms with E-state index < -0.39 is 14.0 Å². The van der Waals surface area contributed by atoms with Crippen LogP contribution in [0.3, 0.4) is 0 Å². The van der Waals surface area contributed by atoms with Gasteiger partial charge in [-0.3, -0.25) is 0 Å². The van der Waals surface area contributed by atoms with E-state index in [9.17, 15) is 4.79 Å². The van der Waals surface area contributed by atoms with Crippen LogP contribution in [0, 0.1) is 18.4 Å². The molecule has 0 aliphatic carbocycles. The molecule has 0 aliphatic rings. The number of aromatic nitrogens is 1. The minimum Gasteiger partial charge on any atom is -0.477 e. The Morgan fingerprint density at radius 1 is 1.38 bits per heavy atom. The molecule has 0 spiro atoms. The molecule has 84 valence electrons. The van der Waals surface area contributed by atoms with Crippen LogP contribution in [0.5, 0.6) is 0 Å². The van der Waals surface area contributed by atoms with E-state index in [1.165, 1.54) is 6.07 Å². The molecule has 1 rings (SSSR count). The summed E-state index contributed by atoms with van der Waals surface area (Å²) in [7, 11) is -1.43. The summed E-state index contributed by atoms with van der Waals surface area (Å²) in [5.74, 6) is 2.01. The Morgan fingerprint density at radius 3 is 2.50 bits per heavy atom. The van der Waals surface area contributed by atoms with E-state index in [2.05, 4.69) is 36.1 Å². The molecule has 3 nitrogen and oxygen atoms in total. The van der Waals surface area contributed by atoms with Crippen molar-refractivity contribution in [2.24, 2.45) is 0 Å². The van der Waals surface area contributed by atoms with Crippen molar-refractivity contribution in [2.45, 2.75) is 26.6 Å². The van der Waals surface area contributed by atoms with Crippen LogP contribution >= 0.6 is 0 Å². The molecule has 4 heteroatoms. The van der Waals surface area contributed by atoms with Gasteiger partial charge in [-0.25, -0.2) is 9.78 Å². The van der Waals surface area contributed by atoms with Crippen LogP contribution in [0.15, 0.2) is 12.1 Å². The van der Waals surface area contributed by atoms with E-state index in [4.69, 9.17) is 5.11 Å². The summed E-state index contributed by atoms with van der Waals surface area (Å²) in [6, 6.07) is 3.32. The van der Waals surface area contributed by atoms with Crippen LogP contribution < -0.4 is 0 Å². The van der Waals surface area contributed by atoms with Gasteiger partial charge in [-0.2, -0.15) is 0 Å². The number of carbonyl (C=O) groups is 1. The van der Waals surface area contributed by atoms with Gasteiger partial charge in [0.15, 0.2) is 0 Å². The van der Waals surface area contributed by atoms with Crippen LogP contribution in [-0.4, -0.2) is 24.1 Å². The first-order chi connectivity index (χ1) is 7.28. The summed E-state index contributed by atoms with van der Waals surface area (Å²) < 4.78 is 0. The molecule has 0 aromatic carbocycles. The lowest BCUT2D eigenvalue weighted by atomic mass is 10.2. The Morgan fingerprint density at radius 2 is 2.00 bits per heavy atom. The number of hydrogen-bond acceptors (Lipinski definition) is 2. The van der Waals surface area contributed by atoms with Crippen LogP contribution in [0.2, 0.25) is 19.6 Å². The molecule has 0 radical (unpaired) electrons. The highest BCUT2D eigenvalue weighted by Gasteiger charge is 2.09. The highest BCUT2D eigenvalue weighted by atomic mass is 28.3. The number of carboxylic acids is 1. The highest BCUT2D eigenvalue weighted by Crippen LogP contribution is 2.06. The minimum atomic E-state index is -1.43. The molecule has 1 heterocycles. The lowest BCUT2D eigenvalue weighted by molar-refractivity contribution is 0.0690. The zero-order valence-electron chi connectivity index (χ0n) is 9.96. The van der Waals surface area contributed by atoms with Gasteiger partial charge in [0.1, 0.15) is 13.8 Å². The fourth-order valence-electron chi connectivity index (χ4n) is 1.11. The summed E-state index contributed by atoms with van der Waals surface area (Å²) in [5.41, 5.74) is 4.66. The highest BCUT2D eigenvalue weighted by molar-refractivity contribution is 6.83. The third-order valence-corrected chi connectivity index (χ3v) is 2.63. The van der Waals surface area contributed by atoms with Gasteiger partial charge >= 0.3 is 5.97 Å². The van der Waals surface area contributed by atoms with Crippen LogP contribution in [0.4, 0.5) is 0 Å². The SMILES string of the molecule is Cc1cc(C#C[Si](C)(C)C)cc(C(=O)O)n1. The number of rotatable bonds is 1. The second-order valence-corrected chi connectivity index (χ2v) is 9.44. The van der Waals surface area contributed by atoms with E-state index in [1.807, 2.05) is 0 Å². The Bertz CT molecular complexity index is 478. The largest absolute Gasteiger partial charge is 0.477 e. The number of carboxylic acid groups (broad SMARTS) is 1. The summed E-state index contributed by atoms with van der Waals surface area (Å²) in [5, 5.41) is 8.86. The van der Waals surface area contributed by atoms with Crippen molar-refractivity contribution in [3.05, 3.63) is 29.1 Å². The predicted molar refractivity (Wildman–Crippen MR) is 66.2 cm³/mol. The third-order valence-electron chi connectivity index (χ3n) is 1.75. The number of aromatic carboxylic acids is 1. The van der Waals surface area contributed by atoms with Crippen molar-refractivity contribution in [2.75, 3.05) is 0 Å². The Balaban J connectivity index is 3.14. The smallest absolute Gasteiger partial charge is 0.354 e. The molecule has 0 saturated carbocycles. The minimum absolute atomic E-state index is 0.0554. The van der Waals surface area contributed by atoms with E-state index in [-0.39, 0.29) is 5.69 Å². The maximum atomic E-state index is 10.8. The molecular formula is C12H15NO2Si. The van der Waals surface area contributed by atoms with Crippen molar-refractivity contribution in [1.82, 2.24) is 4.98 Å². The van der Waals surface area contributed by atoms with Gasteiger partial charge in [-0.1, -0.05) is 25.6 Å². The first-order valence-electron chi connectivity index (χ1n) is 5.03. The molecule has 0 aliphatic heterocycles. The van der Waals surface area contributed by atoms with Gasteiger partial charge in [0, 0.05) is 11.3 Å². The predicted octanol–water partition coefficient (Wildman–Crippen LogP) is 2.32. The fraction of sp³-hybridized carbons (Fsp3) is 0.333. The van der Waals surface area contributed by atoms with Crippen molar-refractivity contribution in [1.29, 1.82) is 0 Å². The van der Waals surface area contributed by atoms with Gasteiger partial charge in [0.25, 0.3) is 0 Å². The average Bonchev–Trinajstić information content (AvgIpc) is 2.13. The maximum Gasteiger partial charge on any atom is 0.354 e. The summed E-state index contributed by atoms with van der Waals surface area (Å²) in [6.07, 6.45) is 0. The van der Waals surface area contributed by atoms with E-state index in [1.54, 1.807) is 13.0 Å². The third kappa shape index (κ3) is 3.87. The zero-order valence-corrected chi connectivity index (χ0v) is 11.0. The standard InChI is InChI=1S/C12H15NO2Si/c1-9-7-10(5-6-16(2,3)4)8-11(13-9)12(14)15/h7-8H,1-4H3,(H,14,15). The first kappa shape index (κ1) is 12.5. The van der Waals surface area contributed by atoms with Crippen molar-refractivity contribution in [3.63, 3.8) is 0 Å². The topological polar surface area (TPSA) is 50.2 Å². The number of aryl methyl sites for hydroxylation is 1. The molecular weight excluding hydrogens is 218 g/mol. The van der Waals surface area contributed by atoms with Crippen LogP contribution in [-0.2, 0) is 0 Å². The second-order valence-electron chi connectivity index (χ2n) is 4.69. The fourth-order valence-corrected chi connectivity index (χ4v) is 1.63. The van der Waals surface area contributed by atoms with Gasteiger partial charge < -0.3 is 5.11 Å². The van der Waals surface area contributed by atoms with Gasteiger partial charge in [0.05, 0.1) is 0 Å². The summed E-state index contributed by atoms with van der Waals surface area (Å²) in [6.45, 7) is 8.20. The number of hydrogen-bond donors (Lipinski definition) is 1. The second kappa shape index (κ2) is 4.50. The van der Waals surface area contributed by atoms with E-state index >= 15 is 0 Å². The molecule has 1 N–H and O–H groups in total. The Labute approximate surface area is 96.5 Å². The molecule has 0 fully saturated rings. The monoisotopic (exact) mass is 233 g/mol. The van der Waals surface area contributed by atoms with Gasteiger partial charge in [0.2, 0.25) is 0 Å². The maximum absolute atomic E-state index is 10.8. The Kier molecular flexibility index (Phi) is 3.50. The van der Waals surface area contributed by atoms with Crippen molar-refractivity contribution >= 4 is 14.0 Å². The van der Waals surface area contributed by atoms with Crippen molar-refractivity contribution in [3.8, 4) is 11.5 Å². The molecule has 0 unspecified atom stereocenters. The lowest BCUT2D eigenvalue weighted by Gasteiger charge is -2.04. The molecule has 0 atom stereocenters. The zero-order chi connectivity index (χ0) is 12.3. The quantitative estimate of drug-likeness (QED) is 0.598. The normalized spacial score (nSPS) is 10.5. The molecule has 0 saturated heterocycles. The number of nitrogens with zero attached hydrogens (tertiary/aromatic N) is 1. The summed E-state index contributed by atoms with van der Waals surface area (Å²) in [4.78, 5) is 14.7. The Hall–Kier alpha value is -1.60. The van der Waals surface area contributed by atoms with Gasteiger partial charge in [-0.15, -0.1) is 5.54 Å². The average molecular weight is 233 g/mol. The molecule has 0 amide bonds. The summed E-state index contributed by atoms with van der Waals surface area (Å²) >= 11 is 0. The number of pyridine rings is 1. The lowest BCUT2D eigenvalue weighted by Crippen LogP contribution is -2.16. The van der Waals surface area contributed by atoms with Gasteiger partial charge in [-0.05, 0) is 19.1 Å². The van der Waals surface area contributed by atoms with Crippen LogP contribution in [0.25, 0.3) is 0 Å². The molecule has 1 aromatic heterocycles. The van der Waals surface area contributed by atoms with E-state index in [0.717, 1.165) is 5.56 Å². The molecule has 1 aromatic rings. The molecule has 16 heavy (non-hydrogen) atoms. The van der Waals surface area contributed by atoms with E-state index in [0.29, 0.717) is 5.69 Å². The van der Waals surface area contributed by atoms with Crippen molar-refractivity contribution < 1.29 is 9.90 Å².